The molecule has 2 aliphatic rings. The molecule has 2 aromatic carbocycles. The second-order valence-electron chi connectivity index (χ2n) is 6.00. The van der Waals surface area contributed by atoms with Gasteiger partial charge in [-0.25, -0.2) is 0 Å². The monoisotopic (exact) mass is 260 g/mol. The molecule has 0 fully saturated rings. The fourth-order valence-electron chi connectivity index (χ4n) is 3.92. The number of hydrogen-bond donors (Lipinski definition) is 0. The maximum atomic E-state index is 2.50. The molecule has 0 N–H and O–H groups in total. The highest BCUT2D eigenvalue weighted by Gasteiger charge is 2.26. The normalized spacial score (nSPS) is 20.8. The van der Waals surface area contributed by atoms with Crippen molar-refractivity contribution in [3.05, 3.63) is 76.9 Å². The van der Waals surface area contributed by atoms with Gasteiger partial charge in [-0.15, -0.1) is 0 Å². The summed E-state index contributed by atoms with van der Waals surface area (Å²) in [6.07, 6.45) is 8.77. The highest BCUT2D eigenvalue weighted by Crippen LogP contribution is 2.43. The van der Waals surface area contributed by atoms with Crippen molar-refractivity contribution in [3.63, 3.8) is 0 Å². The average molecular weight is 260 g/mol. The standard InChI is InChI=1S/C20H20/c1-3-11-17-15(7-1)9-5-13-19(17)20-14-6-10-16-8-2-4-12-18(16)20/h1-4,7-8,11-13,20H,5-6,9-10,14H2. The van der Waals surface area contributed by atoms with E-state index in [0.717, 1.165) is 0 Å². The van der Waals surface area contributed by atoms with Crippen LogP contribution in [0.1, 0.15) is 47.4 Å². The third-order valence-electron chi connectivity index (χ3n) is 4.85. The lowest BCUT2D eigenvalue weighted by atomic mass is 9.74. The number of benzene rings is 2. The zero-order chi connectivity index (χ0) is 13.4. The maximum absolute atomic E-state index is 2.50. The van der Waals surface area contributed by atoms with E-state index >= 15 is 0 Å². The van der Waals surface area contributed by atoms with E-state index in [0.29, 0.717) is 5.92 Å². The zero-order valence-corrected chi connectivity index (χ0v) is 11.8. The van der Waals surface area contributed by atoms with E-state index in [1.165, 1.54) is 43.2 Å². The lowest BCUT2D eigenvalue weighted by molar-refractivity contribution is 0.636. The number of rotatable bonds is 1. The van der Waals surface area contributed by atoms with Crippen LogP contribution < -0.4 is 0 Å². The van der Waals surface area contributed by atoms with E-state index in [4.69, 9.17) is 0 Å². The van der Waals surface area contributed by atoms with Gasteiger partial charge in [0, 0.05) is 5.92 Å². The molecule has 1 unspecified atom stereocenters. The molecule has 0 heterocycles. The van der Waals surface area contributed by atoms with Gasteiger partial charge >= 0.3 is 0 Å². The molecule has 0 radical (unpaired) electrons. The van der Waals surface area contributed by atoms with Gasteiger partial charge in [0.2, 0.25) is 0 Å². The smallest absolute Gasteiger partial charge is 0.00950 e. The molecule has 0 aliphatic heterocycles. The lowest BCUT2D eigenvalue weighted by Crippen LogP contribution is -2.14. The highest BCUT2D eigenvalue weighted by molar-refractivity contribution is 5.76. The van der Waals surface area contributed by atoms with Crippen LogP contribution in [0.3, 0.4) is 0 Å². The molecular weight excluding hydrogens is 240 g/mol. The third kappa shape index (κ3) is 1.91. The molecule has 20 heavy (non-hydrogen) atoms. The quantitative estimate of drug-likeness (QED) is 0.666. The summed E-state index contributed by atoms with van der Waals surface area (Å²) in [4.78, 5) is 0. The minimum Gasteiger partial charge on any atom is -0.0798 e. The molecule has 100 valence electrons. The fourth-order valence-corrected chi connectivity index (χ4v) is 3.92. The van der Waals surface area contributed by atoms with Crippen molar-refractivity contribution < 1.29 is 0 Å². The summed E-state index contributed by atoms with van der Waals surface area (Å²) in [6, 6.07) is 18.0. The van der Waals surface area contributed by atoms with Gasteiger partial charge < -0.3 is 0 Å². The molecule has 2 aromatic rings. The summed E-state index contributed by atoms with van der Waals surface area (Å²) in [5.74, 6) is 0.612. The van der Waals surface area contributed by atoms with E-state index in [9.17, 15) is 0 Å². The van der Waals surface area contributed by atoms with E-state index in [-0.39, 0.29) is 0 Å². The minimum absolute atomic E-state index is 0.612. The Morgan fingerprint density at radius 3 is 2.55 bits per heavy atom. The van der Waals surface area contributed by atoms with Gasteiger partial charge in [-0.05, 0) is 59.9 Å². The summed E-state index contributed by atoms with van der Waals surface area (Å²) in [6.45, 7) is 0. The van der Waals surface area contributed by atoms with Crippen LogP contribution in [0.4, 0.5) is 0 Å². The van der Waals surface area contributed by atoms with Crippen LogP contribution in [-0.4, -0.2) is 0 Å². The van der Waals surface area contributed by atoms with Crippen molar-refractivity contribution in [2.45, 2.75) is 38.0 Å². The second-order valence-corrected chi connectivity index (χ2v) is 6.00. The third-order valence-corrected chi connectivity index (χ3v) is 4.85. The van der Waals surface area contributed by atoms with Crippen molar-refractivity contribution >= 4 is 5.57 Å². The van der Waals surface area contributed by atoms with E-state index < -0.39 is 0 Å². The summed E-state index contributed by atoms with van der Waals surface area (Å²) in [7, 11) is 0. The van der Waals surface area contributed by atoms with E-state index in [2.05, 4.69) is 54.6 Å². The number of fused-ring (bicyclic) bond motifs is 2. The van der Waals surface area contributed by atoms with Gasteiger partial charge in [-0.1, -0.05) is 54.6 Å². The minimum atomic E-state index is 0.612. The number of hydrogen-bond acceptors (Lipinski definition) is 0. The van der Waals surface area contributed by atoms with Crippen molar-refractivity contribution in [2.75, 3.05) is 0 Å². The zero-order valence-electron chi connectivity index (χ0n) is 11.8. The Labute approximate surface area is 121 Å². The average Bonchev–Trinajstić information content (AvgIpc) is 2.54. The van der Waals surface area contributed by atoms with Crippen molar-refractivity contribution in [1.82, 2.24) is 0 Å². The number of allylic oxidation sites excluding steroid dienone is 2. The molecule has 0 bridgehead atoms. The van der Waals surface area contributed by atoms with Gasteiger partial charge in [0.25, 0.3) is 0 Å². The molecule has 0 spiro atoms. The molecule has 0 amide bonds. The van der Waals surface area contributed by atoms with E-state index in [1.54, 1.807) is 16.7 Å². The Kier molecular flexibility index (Phi) is 2.95. The Morgan fingerprint density at radius 2 is 1.60 bits per heavy atom. The first-order valence-corrected chi connectivity index (χ1v) is 7.79. The Bertz CT molecular complexity index is 663. The first-order chi connectivity index (χ1) is 9.93. The van der Waals surface area contributed by atoms with Crippen LogP contribution >= 0.6 is 0 Å². The van der Waals surface area contributed by atoms with Crippen LogP contribution in [0, 0.1) is 0 Å². The fraction of sp³-hybridized carbons (Fsp3) is 0.300. The van der Waals surface area contributed by atoms with Crippen LogP contribution in [0.2, 0.25) is 0 Å². The summed E-state index contributed by atoms with van der Waals surface area (Å²) >= 11 is 0. The molecule has 0 saturated carbocycles. The number of aryl methyl sites for hydroxylation is 2. The van der Waals surface area contributed by atoms with Crippen LogP contribution in [0.5, 0.6) is 0 Å². The predicted molar refractivity (Wildman–Crippen MR) is 84.9 cm³/mol. The molecule has 2 aliphatic carbocycles. The predicted octanol–water partition coefficient (Wildman–Crippen LogP) is 5.14. The van der Waals surface area contributed by atoms with Gasteiger partial charge in [0.1, 0.15) is 0 Å². The molecule has 0 nitrogen and oxygen atoms in total. The first-order valence-electron chi connectivity index (χ1n) is 7.79. The Morgan fingerprint density at radius 1 is 0.800 bits per heavy atom. The molecule has 0 heteroatoms. The van der Waals surface area contributed by atoms with Crippen LogP contribution in [0.15, 0.2) is 54.6 Å². The summed E-state index contributed by atoms with van der Waals surface area (Å²) in [5, 5.41) is 0. The molecule has 4 rings (SSSR count). The summed E-state index contributed by atoms with van der Waals surface area (Å²) in [5.41, 5.74) is 7.75. The Balaban J connectivity index is 1.81. The largest absolute Gasteiger partial charge is 0.0798 e. The molecular formula is C20H20. The van der Waals surface area contributed by atoms with Gasteiger partial charge in [0.05, 0.1) is 0 Å². The van der Waals surface area contributed by atoms with Crippen molar-refractivity contribution in [3.8, 4) is 0 Å². The summed E-state index contributed by atoms with van der Waals surface area (Å²) < 4.78 is 0. The second kappa shape index (κ2) is 4.94. The van der Waals surface area contributed by atoms with Crippen LogP contribution in [-0.2, 0) is 12.8 Å². The van der Waals surface area contributed by atoms with Crippen molar-refractivity contribution in [2.24, 2.45) is 0 Å². The van der Waals surface area contributed by atoms with Gasteiger partial charge in [0.15, 0.2) is 0 Å². The van der Waals surface area contributed by atoms with Crippen LogP contribution in [0.25, 0.3) is 5.57 Å². The van der Waals surface area contributed by atoms with Gasteiger partial charge in [-0.3, -0.25) is 0 Å². The molecule has 0 saturated heterocycles. The van der Waals surface area contributed by atoms with E-state index in [1.807, 2.05) is 0 Å². The topological polar surface area (TPSA) is 0 Å². The highest BCUT2D eigenvalue weighted by atomic mass is 14.3. The van der Waals surface area contributed by atoms with Gasteiger partial charge in [-0.2, -0.15) is 0 Å². The Hall–Kier alpha value is -1.82. The van der Waals surface area contributed by atoms with Crippen molar-refractivity contribution in [1.29, 1.82) is 0 Å². The SMILES string of the molecule is C1=C(C2CCCc3ccccc32)c2ccccc2CC1. The maximum Gasteiger partial charge on any atom is 0.00950 e. The molecule has 0 aromatic heterocycles. The lowest BCUT2D eigenvalue weighted by Gasteiger charge is -2.30. The first kappa shape index (κ1) is 12.0. The molecule has 1 atom stereocenters.